The van der Waals surface area contributed by atoms with E-state index in [4.69, 9.17) is 0 Å². The third-order valence-electron chi connectivity index (χ3n) is 3.32. The Kier molecular flexibility index (Phi) is 4.54. The molecule has 0 aliphatic carbocycles. The van der Waals surface area contributed by atoms with Crippen LogP contribution in [0, 0.1) is 0 Å². The molecule has 1 aromatic heterocycles. The molecule has 1 amide bonds. The Labute approximate surface area is 120 Å². The quantitative estimate of drug-likeness (QED) is 0.645. The van der Waals surface area contributed by atoms with Crippen LogP contribution in [0.2, 0.25) is 0 Å². The van der Waals surface area contributed by atoms with Crippen molar-refractivity contribution in [3.8, 4) is 0 Å². The molecule has 2 rings (SSSR count). The van der Waals surface area contributed by atoms with Gasteiger partial charge in [-0.1, -0.05) is 13.0 Å². The smallest absolute Gasteiger partial charge is 0.272 e. The van der Waals surface area contributed by atoms with Crippen molar-refractivity contribution in [3.05, 3.63) is 38.9 Å². The molecule has 0 saturated heterocycles. The highest BCUT2D eigenvalue weighted by atomic mass is 16.2. The minimum atomic E-state index is -0.449. The SMILES string of the molecule is CCC(C)NCC(=O)Nc1cccc2c(=O)[nH][nH]c(=O)c12. The zero-order valence-electron chi connectivity index (χ0n) is 11.9. The van der Waals surface area contributed by atoms with Crippen LogP contribution in [0.15, 0.2) is 27.8 Å². The molecule has 1 heterocycles. The minimum Gasteiger partial charge on any atom is -0.324 e. The number of aromatic nitrogens is 2. The molecule has 21 heavy (non-hydrogen) atoms. The molecule has 1 atom stereocenters. The Morgan fingerprint density at radius 3 is 2.67 bits per heavy atom. The van der Waals surface area contributed by atoms with Gasteiger partial charge in [0.05, 0.1) is 23.0 Å². The van der Waals surface area contributed by atoms with Crippen LogP contribution in [0.5, 0.6) is 0 Å². The molecule has 0 bridgehead atoms. The first kappa shape index (κ1) is 15.0. The zero-order valence-corrected chi connectivity index (χ0v) is 11.9. The van der Waals surface area contributed by atoms with E-state index < -0.39 is 11.1 Å². The van der Waals surface area contributed by atoms with Crippen molar-refractivity contribution >= 4 is 22.4 Å². The summed E-state index contributed by atoms with van der Waals surface area (Å²) >= 11 is 0. The maximum Gasteiger partial charge on any atom is 0.272 e. The molecule has 0 aliphatic heterocycles. The summed E-state index contributed by atoms with van der Waals surface area (Å²) < 4.78 is 0. The number of nitrogens with one attached hydrogen (secondary N) is 4. The third kappa shape index (κ3) is 3.38. The van der Waals surface area contributed by atoms with Crippen molar-refractivity contribution in [3.63, 3.8) is 0 Å². The van der Waals surface area contributed by atoms with Crippen LogP contribution in [0.3, 0.4) is 0 Å². The molecular formula is C14H18N4O3. The lowest BCUT2D eigenvalue weighted by Gasteiger charge is -2.12. The van der Waals surface area contributed by atoms with Gasteiger partial charge in [-0.15, -0.1) is 0 Å². The van der Waals surface area contributed by atoms with Gasteiger partial charge in [0.15, 0.2) is 0 Å². The fraction of sp³-hybridized carbons (Fsp3) is 0.357. The maximum absolute atomic E-state index is 11.9. The maximum atomic E-state index is 11.9. The highest BCUT2D eigenvalue weighted by molar-refractivity contribution is 6.02. The van der Waals surface area contributed by atoms with Crippen LogP contribution in [-0.4, -0.2) is 28.7 Å². The molecule has 2 aromatic rings. The molecule has 0 saturated carbocycles. The standard InChI is InChI=1S/C14H18N4O3/c1-3-8(2)15-7-11(19)16-10-6-4-5-9-12(10)14(21)18-17-13(9)20/h4-6,8,15H,3,7H2,1-2H3,(H,16,19)(H,17,20)(H,18,21). The first-order valence-electron chi connectivity index (χ1n) is 6.79. The van der Waals surface area contributed by atoms with Gasteiger partial charge in [-0.3, -0.25) is 24.6 Å². The Bertz CT molecular complexity index is 763. The predicted molar refractivity (Wildman–Crippen MR) is 81.6 cm³/mol. The molecule has 1 unspecified atom stereocenters. The number of H-pyrrole nitrogens is 2. The summed E-state index contributed by atoms with van der Waals surface area (Å²) in [4.78, 5) is 35.4. The largest absolute Gasteiger partial charge is 0.324 e. The van der Waals surface area contributed by atoms with Crippen molar-refractivity contribution in [2.45, 2.75) is 26.3 Å². The molecule has 7 heteroatoms. The second-order valence-electron chi connectivity index (χ2n) is 4.87. The van der Waals surface area contributed by atoms with Gasteiger partial charge < -0.3 is 10.6 Å². The first-order chi connectivity index (χ1) is 10.0. The van der Waals surface area contributed by atoms with Crippen LogP contribution in [-0.2, 0) is 4.79 Å². The molecule has 0 fully saturated rings. The Morgan fingerprint density at radius 1 is 1.24 bits per heavy atom. The van der Waals surface area contributed by atoms with E-state index in [-0.39, 0.29) is 29.3 Å². The van der Waals surface area contributed by atoms with Crippen LogP contribution in [0.25, 0.3) is 10.8 Å². The van der Waals surface area contributed by atoms with Crippen molar-refractivity contribution in [2.75, 3.05) is 11.9 Å². The average molecular weight is 290 g/mol. The van der Waals surface area contributed by atoms with Gasteiger partial charge >= 0.3 is 0 Å². The van der Waals surface area contributed by atoms with E-state index in [9.17, 15) is 14.4 Å². The monoisotopic (exact) mass is 290 g/mol. The van der Waals surface area contributed by atoms with Gasteiger partial charge in [-0.25, -0.2) is 0 Å². The van der Waals surface area contributed by atoms with E-state index in [1.807, 2.05) is 13.8 Å². The van der Waals surface area contributed by atoms with Crippen LogP contribution >= 0.6 is 0 Å². The summed E-state index contributed by atoms with van der Waals surface area (Å²) in [6.45, 7) is 4.15. The number of benzene rings is 1. The lowest BCUT2D eigenvalue weighted by Crippen LogP contribution is -2.34. The number of hydrogen-bond donors (Lipinski definition) is 4. The number of rotatable bonds is 5. The molecule has 0 aliphatic rings. The fourth-order valence-electron chi connectivity index (χ4n) is 1.94. The molecule has 0 radical (unpaired) electrons. The van der Waals surface area contributed by atoms with Crippen molar-refractivity contribution in [1.29, 1.82) is 0 Å². The number of amides is 1. The van der Waals surface area contributed by atoms with E-state index in [2.05, 4.69) is 20.8 Å². The van der Waals surface area contributed by atoms with Gasteiger partial charge in [0.2, 0.25) is 5.91 Å². The lowest BCUT2D eigenvalue weighted by atomic mass is 10.1. The summed E-state index contributed by atoms with van der Waals surface area (Å²) in [6.07, 6.45) is 0.913. The number of anilines is 1. The summed E-state index contributed by atoms with van der Waals surface area (Å²) in [5.41, 5.74) is -0.524. The van der Waals surface area contributed by atoms with E-state index >= 15 is 0 Å². The molecular weight excluding hydrogens is 272 g/mol. The second-order valence-corrected chi connectivity index (χ2v) is 4.87. The molecule has 7 nitrogen and oxygen atoms in total. The van der Waals surface area contributed by atoms with Gasteiger partial charge in [-0.05, 0) is 25.5 Å². The van der Waals surface area contributed by atoms with Gasteiger partial charge in [-0.2, -0.15) is 0 Å². The normalized spacial score (nSPS) is 12.3. The number of aromatic amines is 2. The van der Waals surface area contributed by atoms with Crippen molar-refractivity contribution in [2.24, 2.45) is 0 Å². The summed E-state index contributed by atoms with van der Waals surface area (Å²) in [5, 5.41) is 10.6. The summed E-state index contributed by atoms with van der Waals surface area (Å²) in [7, 11) is 0. The van der Waals surface area contributed by atoms with E-state index in [1.165, 1.54) is 6.07 Å². The topological polar surface area (TPSA) is 107 Å². The van der Waals surface area contributed by atoms with Gasteiger partial charge in [0.25, 0.3) is 11.1 Å². The second kappa shape index (κ2) is 6.36. The fourth-order valence-corrected chi connectivity index (χ4v) is 1.94. The summed E-state index contributed by atoms with van der Waals surface area (Å²) in [5.74, 6) is -0.262. The lowest BCUT2D eigenvalue weighted by molar-refractivity contribution is -0.115. The van der Waals surface area contributed by atoms with Crippen LogP contribution in [0.4, 0.5) is 5.69 Å². The highest BCUT2D eigenvalue weighted by Crippen LogP contribution is 2.16. The minimum absolute atomic E-state index is 0.145. The first-order valence-corrected chi connectivity index (χ1v) is 6.79. The van der Waals surface area contributed by atoms with E-state index in [0.29, 0.717) is 5.69 Å². The number of fused-ring (bicyclic) bond motifs is 1. The molecule has 0 spiro atoms. The number of carbonyl (C=O) groups excluding carboxylic acids is 1. The predicted octanol–water partition coefficient (Wildman–Crippen LogP) is 0.543. The van der Waals surface area contributed by atoms with Crippen LogP contribution < -0.4 is 21.8 Å². The zero-order chi connectivity index (χ0) is 15.4. The highest BCUT2D eigenvalue weighted by Gasteiger charge is 2.11. The molecule has 4 N–H and O–H groups in total. The summed E-state index contributed by atoms with van der Waals surface area (Å²) in [6, 6.07) is 4.98. The van der Waals surface area contributed by atoms with E-state index in [1.54, 1.807) is 12.1 Å². The van der Waals surface area contributed by atoms with Gasteiger partial charge in [0, 0.05) is 6.04 Å². The Balaban J connectivity index is 2.27. The molecule has 112 valence electrons. The average Bonchev–Trinajstić information content (AvgIpc) is 2.48. The molecule has 1 aromatic carbocycles. The number of carbonyl (C=O) groups is 1. The Morgan fingerprint density at radius 2 is 1.95 bits per heavy atom. The van der Waals surface area contributed by atoms with E-state index in [0.717, 1.165) is 6.42 Å². The van der Waals surface area contributed by atoms with Crippen LogP contribution in [0.1, 0.15) is 20.3 Å². The third-order valence-corrected chi connectivity index (χ3v) is 3.32. The number of hydrogen-bond acceptors (Lipinski definition) is 4. The van der Waals surface area contributed by atoms with Crippen molar-refractivity contribution in [1.82, 2.24) is 15.5 Å². The Hall–Kier alpha value is -2.41. The van der Waals surface area contributed by atoms with Gasteiger partial charge in [0.1, 0.15) is 0 Å². The van der Waals surface area contributed by atoms with Crippen molar-refractivity contribution < 1.29 is 4.79 Å².